The molecule has 20 heavy (non-hydrogen) atoms. The Kier molecular flexibility index (Phi) is 5.03. The molecule has 6 nitrogen and oxygen atoms in total. The summed E-state index contributed by atoms with van der Waals surface area (Å²) < 4.78 is 0. The minimum absolute atomic E-state index is 0.0674. The van der Waals surface area contributed by atoms with E-state index in [4.69, 9.17) is 0 Å². The number of benzene rings is 1. The predicted molar refractivity (Wildman–Crippen MR) is 76.6 cm³/mol. The number of nitro groups is 1. The van der Waals surface area contributed by atoms with Gasteiger partial charge in [-0.2, -0.15) is 0 Å². The van der Waals surface area contributed by atoms with Crippen LogP contribution in [0, 0.1) is 10.1 Å². The third-order valence-corrected chi connectivity index (χ3v) is 3.48. The van der Waals surface area contributed by atoms with Gasteiger partial charge in [0.25, 0.3) is 5.69 Å². The van der Waals surface area contributed by atoms with Gasteiger partial charge in [-0.3, -0.25) is 10.1 Å². The summed E-state index contributed by atoms with van der Waals surface area (Å²) >= 11 is 1.19. The fourth-order valence-corrected chi connectivity index (χ4v) is 2.35. The summed E-state index contributed by atoms with van der Waals surface area (Å²) in [6, 6.07) is 6.57. The highest BCUT2D eigenvalue weighted by Crippen LogP contribution is 2.32. The van der Waals surface area contributed by atoms with E-state index in [2.05, 4.69) is 15.3 Å². The van der Waals surface area contributed by atoms with Crippen molar-refractivity contribution in [3.8, 4) is 0 Å². The lowest BCUT2D eigenvalue weighted by atomic mass is 10.3. The summed E-state index contributed by atoms with van der Waals surface area (Å²) in [7, 11) is 0. The molecular formula is C13H14N4O2S. The lowest BCUT2D eigenvalue weighted by molar-refractivity contribution is -0.387. The Hall–Kier alpha value is -1.99. The zero-order valence-electron chi connectivity index (χ0n) is 10.9. The second kappa shape index (κ2) is 6.97. The monoisotopic (exact) mass is 290 g/mol. The van der Waals surface area contributed by atoms with Gasteiger partial charge < -0.3 is 5.32 Å². The smallest absolute Gasteiger partial charge is 0.283 e. The van der Waals surface area contributed by atoms with E-state index < -0.39 is 4.92 Å². The molecule has 1 N–H and O–H groups in total. The summed E-state index contributed by atoms with van der Waals surface area (Å²) in [5.41, 5.74) is 1.05. The number of hydrogen-bond donors (Lipinski definition) is 1. The molecule has 0 unspecified atom stereocenters. The number of nitrogens with one attached hydrogen (secondary N) is 1. The first-order valence-electron chi connectivity index (χ1n) is 6.13. The van der Waals surface area contributed by atoms with Crippen LogP contribution in [0.25, 0.3) is 0 Å². The topological polar surface area (TPSA) is 81.0 Å². The molecule has 0 aliphatic heterocycles. The lowest BCUT2D eigenvalue weighted by Gasteiger charge is -2.03. The van der Waals surface area contributed by atoms with E-state index in [9.17, 15) is 10.1 Å². The molecule has 0 radical (unpaired) electrons. The molecular weight excluding hydrogens is 276 g/mol. The van der Waals surface area contributed by atoms with Crippen molar-refractivity contribution in [1.82, 2.24) is 15.3 Å². The minimum Gasteiger partial charge on any atom is -0.313 e. The van der Waals surface area contributed by atoms with Crippen LogP contribution in [0.5, 0.6) is 0 Å². The van der Waals surface area contributed by atoms with Gasteiger partial charge in [-0.25, -0.2) is 9.97 Å². The largest absolute Gasteiger partial charge is 0.313 e. The van der Waals surface area contributed by atoms with Gasteiger partial charge in [0.1, 0.15) is 0 Å². The molecule has 0 aliphatic carbocycles. The minimum atomic E-state index is -0.401. The maximum Gasteiger partial charge on any atom is 0.283 e. The van der Waals surface area contributed by atoms with Gasteiger partial charge in [0.15, 0.2) is 5.16 Å². The summed E-state index contributed by atoms with van der Waals surface area (Å²) in [6.45, 7) is 3.62. The predicted octanol–water partition coefficient (Wildman–Crippen LogP) is 2.65. The molecule has 0 saturated carbocycles. The normalized spacial score (nSPS) is 10.4. The van der Waals surface area contributed by atoms with Crippen molar-refractivity contribution in [2.45, 2.75) is 23.5 Å². The number of nitrogens with zero attached hydrogens (tertiary/aromatic N) is 3. The van der Waals surface area contributed by atoms with Crippen molar-refractivity contribution in [1.29, 1.82) is 0 Å². The first kappa shape index (κ1) is 14.4. The third-order valence-electron chi connectivity index (χ3n) is 2.52. The van der Waals surface area contributed by atoms with Crippen LogP contribution in [-0.2, 0) is 6.54 Å². The van der Waals surface area contributed by atoms with E-state index in [0.29, 0.717) is 16.6 Å². The highest BCUT2D eigenvalue weighted by Gasteiger charge is 2.14. The zero-order valence-corrected chi connectivity index (χ0v) is 11.8. The van der Waals surface area contributed by atoms with Gasteiger partial charge in [-0.1, -0.05) is 19.1 Å². The highest BCUT2D eigenvalue weighted by atomic mass is 32.2. The number of aromatic nitrogens is 2. The van der Waals surface area contributed by atoms with Crippen molar-refractivity contribution < 1.29 is 4.92 Å². The van der Waals surface area contributed by atoms with Crippen LogP contribution in [0.1, 0.15) is 12.5 Å². The van der Waals surface area contributed by atoms with Crippen LogP contribution in [0.3, 0.4) is 0 Å². The Balaban J connectivity index is 2.12. The second-order valence-corrected chi connectivity index (χ2v) is 4.99. The fraction of sp³-hybridized carbons (Fsp3) is 0.231. The molecule has 0 atom stereocenters. The lowest BCUT2D eigenvalue weighted by Crippen LogP contribution is -2.12. The van der Waals surface area contributed by atoms with Gasteiger partial charge in [0, 0.05) is 30.6 Å². The van der Waals surface area contributed by atoms with Crippen LogP contribution in [0.4, 0.5) is 5.69 Å². The van der Waals surface area contributed by atoms with Crippen molar-refractivity contribution in [2.75, 3.05) is 6.54 Å². The average Bonchev–Trinajstić information content (AvgIpc) is 2.47. The molecule has 2 aromatic rings. The molecule has 0 fully saturated rings. The van der Waals surface area contributed by atoms with E-state index in [-0.39, 0.29) is 5.69 Å². The van der Waals surface area contributed by atoms with Crippen LogP contribution in [0.2, 0.25) is 0 Å². The standard InChI is InChI=1S/C13H14N4O2S/c1-2-14-7-10-8-15-13(16-9-10)20-12-6-4-3-5-11(12)17(18)19/h3-6,8-9,14H,2,7H2,1H3. The van der Waals surface area contributed by atoms with Crippen LogP contribution in [-0.4, -0.2) is 21.4 Å². The molecule has 0 spiro atoms. The third kappa shape index (κ3) is 3.75. The molecule has 104 valence electrons. The van der Waals surface area contributed by atoms with Crippen LogP contribution in [0.15, 0.2) is 46.7 Å². The van der Waals surface area contributed by atoms with E-state index >= 15 is 0 Å². The van der Waals surface area contributed by atoms with Gasteiger partial charge in [-0.05, 0) is 24.4 Å². The SMILES string of the molecule is CCNCc1cnc(Sc2ccccc2[N+](=O)[O-])nc1. The summed E-state index contributed by atoms with van der Waals surface area (Å²) in [4.78, 5) is 19.5. The van der Waals surface area contributed by atoms with Crippen LogP contribution < -0.4 is 5.32 Å². The number of rotatable bonds is 6. The molecule has 1 aromatic carbocycles. The van der Waals surface area contributed by atoms with Gasteiger partial charge in [0.05, 0.1) is 9.82 Å². The van der Waals surface area contributed by atoms with Crippen molar-refractivity contribution in [3.05, 3.63) is 52.3 Å². The Morgan fingerprint density at radius 1 is 1.30 bits per heavy atom. The summed E-state index contributed by atoms with van der Waals surface area (Å²) in [5, 5.41) is 14.6. The zero-order chi connectivity index (χ0) is 14.4. The molecule has 1 aromatic heterocycles. The number of nitro benzene ring substituents is 1. The van der Waals surface area contributed by atoms with Crippen LogP contribution >= 0.6 is 11.8 Å². The Labute approximate surface area is 120 Å². The maximum atomic E-state index is 10.9. The Morgan fingerprint density at radius 3 is 2.65 bits per heavy atom. The van der Waals surface area contributed by atoms with Crippen molar-refractivity contribution >= 4 is 17.4 Å². The number of para-hydroxylation sites is 1. The molecule has 0 bridgehead atoms. The van der Waals surface area contributed by atoms with E-state index in [1.165, 1.54) is 17.8 Å². The second-order valence-electron chi connectivity index (χ2n) is 3.98. The average molecular weight is 290 g/mol. The molecule has 0 amide bonds. The maximum absolute atomic E-state index is 10.9. The quantitative estimate of drug-likeness (QED) is 0.500. The van der Waals surface area contributed by atoms with Gasteiger partial charge in [-0.15, -0.1) is 0 Å². The van der Waals surface area contributed by atoms with Gasteiger partial charge >= 0.3 is 0 Å². The van der Waals surface area contributed by atoms with E-state index in [0.717, 1.165) is 12.1 Å². The molecule has 0 saturated heterocycles. The Morgan fingerprint density at radius 2 is 2.00 bits per heavy atom. The summed E-state index contributed by atoms with van der Waals surface area (Å²) in [6.07, 6.45) is 3.46. The molecule has 0 aliphatic rings. The van der Waals surface area contributed by atoms with Gasteiger partial charge in [0.2, 0.25) is 0 Å². The highest BCUT2D eigenvalue weighted by molar-refractivity contribution is 7.99. The van der Waals surface area contributed by atoms with Crippen molar-refractivity contribution in [2.24, 2.45) is 0 Å². The summed E-state index contributed by atoms with van der Waals surface area (Å²) in [5.74, 6) is 0. The first-order valence-corrected chi connectivity index (χ1v) is 6.95. The number of hydrogen-bond acceptors (Lipinski definition) is 6. The molecule has 7 heteroatoms. The van der Waals surface area contributed by atoms with E-state index in [1.807, 2.05) is 6.92 Å². The fourth-order valence-electron chi connectivity index (χ4n) is 1.55. The molecule has 1 heterocycles. The Bertz CT molecular complexity index is 589. The molecule has 2 rings (SSSR count). The van der Waals surface area contributed by atoms with E-state index in [1.54, 1.807) is 30.6 Å². The first-order chi connectivity index (χ1) is 9.70. The van der Waals surface area contributed by atoms with Crippen molar-refractivity contribution in [3.63, 3.8) is 0 Å².